The van der Waals surface area contributed by atoms with Crippen LogP contribution in [0.25, 0.3) is 0 Å². The van der Waals surface area contributed by atoms with E-state index in [-0.39, 0.29) is 5.54 Å². The van der Waals surface area contributed by atoms with E-state index in [2.05, 4.69) is 51.8 Å². The largest absolute Gasteiger partial charge is 0.311 e. The van der Waals surface area contributed by atoms with Crippen LogP contribution in [0.4, 0.5) is 0 Å². The van der Waals surface area contributed by atoms with Crippen LogP contribution in [-0.4, -0.2) is 36.6 Å². The number of hydrogen-bond acceptors (Lipinski definition) is 2. The first kappa shape index (κ1) is 17.0. The molecule has 0 atom stereocenters. The third-order valence-electron chi connectivity index (χ3n) is 4.15. The Labute approximate surface area is 121 Å². The molecule has 0 aromatic heterocycles. The number of rotatable bonds is 6. The first-order valence-electron chi connectivity index (χ1n) is 8.19. The molecule has 2 nitrogen and oxygen atoms in total. The summed E-state index contributed by atoms with van der Waals surface area (Å²) in [7, 11) is 0. The second-order valence-corrected chi connectivity index (χ2v) is 8.28. The highest BCUT2D eigenvalue weighted by Gasteiger charge is 2.26. The summed E-state index contributed by atoms with van der Waals surface area (Å²) in [4.78, 5) is 2.68. The quantitative estimate of drug-likeness (QED) is 0.785. The maximum Gasteiger partial charge on any atom is 0.00967 e. The predicted octanol–water partition coefficient (Wildman–Crippen LogP) is 3.91. The summed E-state index contributed by atoms with van der Waals surface area (Å²) in [6, 6.07) is 0. The average molecular weight is 268 g/mol. The molecule has 1 aliphatic rings. The molecule has 0 amide bonds. The lowest BCUT2D eigenvalue weighted by atomic mass is 9.88. The van der Waals surface area contributed by atoms with Gasteiger partial charge in [0.15, 0.2) is 0 Å². The Hall–Kier alpha value is -0.0800. The van der Waals surface area contributed by atoms with Gasteiger partial charge in [-0.05, 0) is 58.0 Å². The second-order valence-electron chi connectivity index (χ2n) is 8.28. The van der Waals surface area contributed by atoms with Gasteiger partial charge in [0.2, 0.25) is 0 Å². The summed E-state index contributed by atoms with van der Waals surface area (Å²) in [5, 5.41) is 3.65. The number of piperidine rings is 1. The fourth-order valence-electron chi connectivity index (χ4n) is 3.01. The number of hydrogen-bond donors (Lipinski definition) is 1. The van der Waals surface area contributed by atoms with Crippen LogP contribution in [0.2, 0.25) is 0 Å². The van der Waals surface area contributed by atoms with Crippen LogP contribution in [0.15, 0.2) is 0 Å². The molecule has 1 saturated heterocycles. The standard InChI is InChI=1S/C17H36N2/c1-7-8-15-9-11-19(12-10-15)14-17(5,6)13-18-16(2,3)4/h15,18H,7-14H2,1-6H3. The predicted molar refractivity (Wildman–Crippen MR) is 85.6 cm³/mol. The van der Waals surface area contributed by atoms with Gasteiger partial charge >= 0.3 is 0 Å². The van der Waals surface area contributed by atoms with E-state index in [0.717, 1.165) is 12.5 Å². The molecule has 0 bridgehead atoms. The van der Waals surface area contributed by atoms with Crippen molar-refractivity contribution in [3.63, 3.8) is 0 Å². The van der Waals surface area contributed by atoms with Crippen molar-refractivity contribution in [3.8, 4) is 0 Å². The molecule has 0 spiro atoms. The molecule has 1 heterocycles. The van der Waals surface area contributed by atoms with Crippen molar-refractivity contribution in [1.29, 1.82) is 0 Å². The van der Waals surface area contributed by atoms with Gasteiger partial charge in [0.25, 0.3) is 0 Å². The van der Waals surface area contributed by atoms with Crippen molar-refractivity contribution in [2.24, 2.45) is 11.3 Å². The van der Waals surface area contributed by atoms with E-state index in [4.69, 9.17) is 0 Å². The van der Waals surface area contributed by atoms with E-state index >= 15 is 0 Å². The van der Waals surface area contributed by atoms with Crippen LogP contribution >= 0.6 is 0 Å². The van der Waals surface area contributed by atoms with E-state index in [9.17, 15) is 0 Å². The minimum atomic E-state index is 0.228. The van der Waals surface area contributed by atoms with Crippen molar-refractivity contribution in [2.45, 2.75) is 72.8 Å². The van der Waals surface area contributed by atoms with Crippen LogP contribution < -0.4 is 5.32 Å². The fourth-order valence-corrected chi connectivity index (χ4v) is 3.01. The lowest BCUT2D eigenvalue weighted by Gasteiger charge is -2.38. The van der Waals surface area contributed by atoms with E-state index < -0.39 is 0 Å². The fraction of sp³-hybridized carbons (Fsp3) is 1.00. The Kier molecular flexibility index (Phi) is 6.32. The van der Waals surface area contributed by atoms with Gasteiger partial charge in [-0.3, -0.25) is 0 Å². The van der Waals surface area contributed by atoms with Gasteiger partial charge in [-0.1, -0.05) is 33.6 Å². The Morgan fingerprint density at radius 1 is 1.05 bits per heavy atom. The van der Waals surface area contributed by atoms with Gasteiger partial charge in [0.1, 0.15) is 0 Å². The SMILES string of the molecule is CCCC1CCN(CC(C)(C)CNC(C)(C)C)CC1. The van der Waals surface area contributed by atoms with Crippen LogP contribution in [0, 0.1) is 11.3 Å². The van der Waals surface area contributed by atoms with E-state index in [1.165, 1.54) is 45.3 Å². The first-order chi connectivity index (χ1) is 8.72. The van der Waals surface area contributed by atoms with Gasteiger partial charge in [-0.2, -0.15) is 0 Å². The lowest BCUT2D eigenvalue weighted by molar-refractivity contribution is 0.120. The zero-order valence-corrected chi connectivity index (χ0v) is 14.2. The van der Waals surface area contributed by atoms with Gasteiger partial charge in [-0.25, -0.2) is 0 Å². The molecule has 0 saturated carbocycles. The highest BCUT2D eigenvalue weighted by molar-refractivity contribution is 4.82. The molecule has 0 aliphatic carbocycles. The summed E-state index contributed by atoms with van der Waals surface area (Å²) in [5.41, 5.74) is 0.594. The number of likely N-dealkylation sites (tertiary alicyclic amines) is 1. The zero-order valence-electron chi connectivity index (χ0n) is 14.2. The highest BCUT2D eigenvalue weighted by atomic mass is 15.1. The molecule has 1 aliphatic heterocycles. The molecular formula is C17H36N2. The molecule has 2 heteroatoms. The van der Waals surface area contributed by atoms with E-state index in [1.54, 1.807) is 0 Å². The van der Waals surface area contributed by atoms with Gasteiger partial charge in [-0.15, -0.1) is 0 Å². The Morgan fingerprint density at radius 2 is 1.63 bits per heavy atom. The van der Waals surface area contributed by atoms with Gasteiger partial charge < -0.3 is 10.2 Å². The minimum absolute atomic E-state index is 0.228. The van der Waals surface area contributed by atoms with Crippen molar-refractivity contribution in [2.75, 3.05) is 26.2 Å². The third-order valence-corrected chi connectivity index (χ3v) is 4.15. The molecule has 1 N–H and O–H groups in total. The summed E-state index contributed by atoms with van der Waals surface area (Å²) < 4.78 is 0. The van der Waals surface area contributed by atoms with Crippen LogP contribution in [0.3, 0.4) is 0 Å². The monoisotopic (exact) mass is 268 g/mol. The van der Waals surface area contributed by atoms with Crippen LogP contribution in [0.1, 0.15) is 67.2 Å². The Bertz CT molecular complexity index is 244. The minimum Gasteiger partial charge on any atom is -0.311 e. The summed E-state index contributed by atoms with van der Waals surface area (Å²) in [6.45, 7) is 18.8. The summed E-state index contributed by atoms with van der Waals surface area (Å²) >= 11 is 0. The topological polar surface area (TPSA) is 15.3 Å². The summed E-state index contributed by atoms with van der Waals surface area (Å²) in [5.74, 6) is 0.997. The molecule has 0 aromatic carbocycles. The molecule has 0 unspecified atom stereocenters. The van der Waals surface area contributed by atoms with E-state index in [1.807, 2.05) is 0 Å². The molecule has 1 fully saturated rings. The number of nitrogens with zero attached hydrogens (tertiary/aromatic N) is 1. The second kappa shape index (κ2) is 7.08. The Balaban J connectivity index is 2.30. The van der Waals surface area contributed by atoms with E-state index in [0.29, 0.717) is 5.41 Å². The van der Waals surface area contributed by atoms with Gasteiger partial charge in [0.05, 0.1) is 0 Å². The first-order valence-corrected chi connectivity index (χ1v) is 8.19. The normalized spacial score (nSPS) is 19.9. The van der Waals surface area contributed by atoms with Crippen molar-refractivity contribution in [3.05, 3.63) is 0 Å². The maximum absolute atomic E-state index is 3.65. The van der Waals surface area contributed by atoms with Crippen molar-refractivity contribution in [1.82, 2.24) is 10.2 Å². The lowest BCUT2D eigenvalue weighted by Crippen LogP contribution is -2.47. The van der Waals surface area contributed by atoms with Crippen molar-refractivity contribution >= 4 is 0 Å². The molecular weight excluding hydrogens is 232 g/mol. The molecule has 114 valence electrons. The third kappa shape index (κ3) is 7.31. The molecule has 1 rings (SSSR count). The van der Waals surface area contributed by atoms with Gasteiger partial charge in [0, 0.05) is 18.6 Å². The zero-order chi connectivity index (χ0) is 14.5. The molecule has 0 radical (unpaired) electrons. The summed E-state index contributed by atoms with van der Waals surface area (Å²) in [6.07, 6.45) is 5.61. The Morgan fingerprint density at radius 3 is 2.11 bits per heavy atom. The maximum atomic E-state index is 3.65. The average Bonchev–Trinajstić information content (AvgIpc) is 2.29. The van der Waals surface area contributed by atoms with Crippen LogP contribution in [-0.2, 0) is 0 Å². The highest BCUT2D eigenvalue weighted by Crippen LogP contribution is 2.25. The number of nitrogens with one attached hydrogen (secondary N) is 1. The van der Waals surface area contributed by atoms with Crippen molar-refractivity contribution < 1.29 is 0 Å². The molecule has 0 aromatic rings. The smallest absolute Gasteiger partial charge is 0.00967 e. The van der Waals surface area contributed by atoms with Crippen LogP contribution in [0.5, 0.6) is 0 Å². The molecule has 19 heavy (non-hydrogen) atoms.